The van der Waals surface area contributed by atoms with Crippen molar-refractivity contribution < 1.29 is 0 Å². The van der Waals surface area contributed by atoms with Gasteiger partial charge in [0.2, 0.25) is 0 Å². The van der Waals surface area contributed by atoms with Gasteiger partial charge in [0.1, 0.15) is 12.2 Å². The van der Waals surface area contributed by atoms with Crippen LogP contribution >= 0.6 is 0 Å². The summed E-state index contributed by atoms with van der Waals surface area (Å²) in [7, 11) is 2.00. The predicted molar refractivity (Wildman–Crippen MR) is 78.4 cm³/mol. The van der Waals surface area contributed by atoms with E-state index in [1.165, 1.54) is 5.69 Å². The number of hydrogen-bond donors (Lipinski definition) is 1. The Hall–Kier alpha value is -1.69. The third kappa shape index (κ3) is 3.07. The molecule has 6 heteroatoms. The minimum atomic E-state index is 0.215. The van der Waals surface area contributed by atoms with Gasteiger partial charge in [0.05, 0.1) is 17.4 Å². The van der Waals surface area contributed by atoms with Gasteiger partial charge in [-0.2, -0.15) is 10.2 Å². The molecule has 0 saturated heterocycles. The molecule has 110 valence electrons. The molecule has 0 bridgehead atoms. The van der Waals surface area contributed by atoms with E-state index < -0.39 is 0 Å². The van der Waals surface area contributed by atoms with Crippen LogP contribution in [0.2, 0.25) is 0 Å². The molecular weight excluding hydrogens is 252 g/mol. The first kappa shape index (κ1) is 14.7. The topological polar surface area (TPSA) is 60.6 Å². The lowest BCUT2D eigenvalue weighted by molar-refractivity contribution is 0.480. The van der Waals surface area contributed by atoms with Gasteiger partial charge >= 0.3 is 0 Å². The van der Waals surface area contributed by atoms with Crippen LogP contribution in [-0.4, -0.2) is 31.1 Å². The molecule has 0 aromatic carbocycles. The van der Waals surface area contributed by atoms with Crippen LogP contribution in [-0.2, 0) is 26.4 Å². The second-order valence-electron chi connectivity index (χ2n) is 4.84. The van der Waals surface area contributed by atoms with Gasteiger partial charge in [0.15, 0.2) is 0 Å². The van der Waals surface area contributed by atoms with Gasteiger partial charge in [-0.1, -0.05) is 13.8 Å². The number of nitrogens with zero attached hydrogens (tertiary/aromatic N) is 5. The van der Waals surface area contributed by atoms with E-state index in [9.17, 15) is 0 Å². The quantitative estimate of drug-likeness (QED) is 0.832. The van der Waals surface area contributed by atoms with Crippen LogP contribution in [0.5, 0.6) is 0 Å². The van der Waals surface area contributed by atoms with Crippen LogP contribution < -0.4 is 5.32 Å². The highest BCUT2D eigenvalue weighted by Gasteiger charge is 2.18. The molecule has 0 spiro atoms. The molecule has 0 radical (unpaired) electrons. The van der Waals surface area contributed by atoms with Crippen molar-refractivity contribution in [2.75, 3.05) is 6.54 Å². The van der Waals surface area contributed by atoms with Crippen LogP contribution in [0.25, 0.3) is 0 Å². The molecular formula is C14H24N6. The van der Waals surface area contributed by atoms with E-state index in [1.807, 2.05) is 16.4 Å². The minimum Gasteiger partial charge on any atom is -0.309 e. The van der Waals surface area contributed by atoms with Gasteiger partial charge in [-0.3, -0.25) is 9.36 Å². The molecule has 0 saturated carbocycles. The number of aryl methyl sites for hydroxylation is 3. The van der Waals surface area contributed by atoms with Gasteiger partial charge in [-0.15, -0.1) is 0 Å². The van der Waals surface area contributed by atoms with E-state index >= 15 is 0 Å². The average Bonchev–Trinajstić information content (AvgIpc) is 3.04. The lowest BCUT2D eigenvalue weighted by Gasteiger charge is -2.17. The van der Waals surface area contributed by atoms with Crippen molar-refractivity contribution in [1.82, 2.24) is 29.9 Å². The van der Waals surface area contributed by atoms with Crippen LogP contribution in [0.3, 0.4) is 0 Å². The third-order valence-corrected chi connectivity index (χ3v) is 3.52. The zero-order valence-electron chi connectivity index (χ0n) is 12.8. The predicted octanol–water partition coefficient (Wildman–Crippen LogP) is 1.49. The fraction of sp³-hybridized carbons (Fsp3) is 0.643. The highest BCUT2D eigenvalue weighted by atomic mass is 15.3. The maximum Gasteiger partial charge on any atom is 0.138 e. The second-order valence-corrected chi connectivity index (χ2v) is 4.84. The van der Waals surface area contributed by atoms with Crippen molar-refractivity contribution in [2.24, 2.45) is 7.05 Å². The Morgan fingerprint density at radius 1 is 1.30 bits per heavy atom. The lowest BCUT2D eigenvalue weighted by atomic mass is 10.1. The molecule has 20 heavy (non-hydrogen) atoms. The smallest absolute Gasteiger partial charge is 0.138 e. The van der Waals surface area contributed by atoms with Crippen LogP contribution in [0.15, 0.2) is 12.4 Å². The van der Waals surface area contributed by atoms with E-state index in [1.54, 1.807) is 6.33 Å². The number of rotatable bonds is 7. The summed E-state index contributed by atoms with van der Waals surface area (Å²) in [5.74, 6) is 1.01. The molecule has 2 aromatic heterocycles. The van der Waals surface area contributed by atoms with Crippen molar-refractivity contribution in [2.45, 2.75) is 46.2 Å². The van der Waals surface area contributed by atoms with E-state index in [0.29, 0.717) is 0 Å². The summed E-state index contributed by atoms with van der Waals surface area (Å²) >= 11 is 0. The molecule has 0 aliphatic carbocycles. The summed E-state index contributed by atoms with van der Waals surface area (Å²) in [4.78, 5) is 4.37. The monoisotopic (exact) mass is 276 g/mol. The first-order valence-electron chi connectivity index (χ1n) is 7.32. The summed E-state index contributed by atoms with van der Waals surface area (Å²) in [5.41, 5.74) is 2.33. The molecule has 2 heterocycles. The third-order valence-electron chi connectivity index (χ3n) is 3.52. The Kier molecular flexibility index (Phi) is 4.89. The zero-order chi connectivity index (χ0) is 14.5. The largest absolute Gasteiger partial charge is 0.309 e. The standard InChI is InChI=1S/C14H24N6/c1-5-11-8-13(19(4)18-11)12(15-6-2)9-14-16-10-17-20(14)7-3/h8,10,12,15H,5-7,9H2,1-4H3. The van der Waals surface area contributed by atoms with E-state index in [-0.39, 0.29) is 6.04 Å². The number of nitrogens with one attached hydrogen (secondary N) is 1. The van der Waals surface area contributed by atoms with Gasteiger partial charge in [-0.05, 0) is 26.0 Å². The summed E-state index contributed by atoms with van der Waals surface area (Å²) < 4.78 is 3.92. The molecule has 2 rings (SSSR count). The van der Waals surface area contributed by atoms with Gasteiger partial charge in [-0.25, -0.2) is 4.98 Å². The number of hydrogen-bond acceptors (Lipinski definition) is 4. The normalized spacial score (nSPS) is 12.8. The van der Waals surface area contributed by atoms with Crippen molar-refractivity contribution in [3.8, 4) is 0 Å². The highest BCUT2D eigenvalue weighted by molar-refractivity contribution is 5.15. The van der Waals surface area contributed by atoms with E-state index in [4.69, 9.17) is 0 Å². The maximum atomic E-state index is 4.54. The molecule has 6 nitrogen and oxygen atoms in total. The fourth-order valence-corrected chi connectivity index (χ4v) is 2.46. The first-order valence-corrected chi connectivity index (χ1v) is 7.32. The van der Waals surface area contributed by atoms with Crippen molar-refractivity contribution in [3.63, 3.8) is 0 Å². The first-order chi connectivity index (χ1) is 9.69. The fourth-order valence-electron chi connectivity index (χ4n) is 2.46. The molecule has 0 amide bonds. The minimum absolute atomic E-state index is 0.215. The molecule has 1 N–H and O–H groups in total. The van der Waals surface area contributed by atoms with Gasteiger partial charge in [0, 0.05) is 20.0 Å². The summed E-state index contributed by atoms with van der Waals surface area (Å²) in [5, 5.41) is 12.3. The summed E-state index contributed by atoms with van der Waals surface area (Å²) in [6, 6.07) is 2.40. The van der Waals surface area contributed by atoms with E-state index in [2.05, 4.69) is 47.3 Å². The molecule has 0 fully saturated rings. The Balaban J connectivity index is 2.24. The summed E-state index contributed by atoms with van der Waals surface area (Å²) in [6.07, 6.45) is 3.41. The molecule has 0 aliphatic rings. The van der Waals surface area contributed by atoms with Gasteiger partial charge < -0.3 is 5.32 Å². The SMILES string of the molecule is CCNC(Cc1ncnn1CC)c1cc(CC)nn1C. The number of likely N-dealkylation sites (N-methyl/N-ethyl adjacent to an activating group) is 1. The Bertz CT molecular complexity index is 542. The highest BCUT2D eigenvalue weighted by Crippen LogP contribution is 2.18. The zero-order valence-corrected chi connectivity index (χ0v) is 12.8. The number of aromatic nitrogens is 5. The second kappa shape index (κ2) is 6.65. The van der Waals surface area contributed by atoms with Crippen molar-refractivity contribution >= 4 is 0 Å². The van der Waals surface area contributed by atoms with Crippen molar-refractivity contribution in [3.05, 3.63) is 29.6 Å². The van der Waals surface area contributed by atoms with Crippen LogP contribution in [0.4, 0.5) is 0 Å². The van der Waals surface area contributed by atoms with Gasteiger partial charge in [0.25, 0.3) is 0 Å². The van der Waals surface area contributed by atoms with Crippen molar-refractivity contribution in [1.29, 1.82) is 0 Å². The lowest BCUT2D eigenvalue weighted by Crippen LogP contribution is -2.26. The molecule has 1 atom stereocenters. The molecule has 1 unspecified atom stereocenters. The average molecular weight is 276 g/mol. The molecule has 0 aliphatic heterocycles. The Morgan fingerprint density at radius 2 is 2.10 bits per heavy atom. The van der Waals surface area contributed by atoms with E-state index in [0.717, 1.165) is 37.4 Å². The maximum absolute atomic E-state index is 4.54. The Labute approximate surface area is 120 Å². The van der Waals surface area contributed by atoms with Crippen LogP contribution in [0.1, 0.15) is 44.0 Å². The van der Waals surface area contributed by atoms with Crippen LogP contribution in [0, 0.1) is 0 Å². The molecule has 2 aromatic rings. The Morgan fingerprint density at radius 3 is 2.70 bits per heavy atom. The summed E-state index contributed by atoms with van der Waals surface area (Å²) in [6.45, 7) is 8.09.